The third-order valence-corrected chi connectivity index (χ3v) is 5.63. The maximum atomic E-state index is 12.1. The van der Waals surface area contributed by atoms with Crippen LogP contribution in [-0.2, 0) is 10.0 Å². The van der Waals surface area contributed by atoms with Crippen LogP contribution in [0.3, 0.4) is 0 Å². The molecule has 0 fully saturated rings. The minimum absolute atomic E-state index is 0.186. The van der Waals surface area contributed by atoms with Crippen molar-refractivity contribution in [1.82, 2.24) is 4.72 Å². The first-order valence-electron chi connectivity index (χ1n) is 5.37. The zero-order valence-electron chi connectivity index (χ0n) is 10.1. The molecular formula is C11H15Br2NO3S. The number of sulfonamides is 1. The smallest absolute Gasteiger partial charge is 0.241 e. The van der Waals surface area contributed by atoms with Gasteiger partial charge in [-0.25, -0.2) is 13.1 Å². The van der Waals surface area contributed by atoms with E-state index in [-0.39, 0.29) is 11.4 Å². The molecule has 0 aliphatic heterocycles. The van der Waals surface area contributed by atoms with E-state index in [1.165, 1.54) is 0 Å². The van der Waals surface area contributed by atoms with Crippen LogP contribution in [0.15, 0.2) is 26.0 Å². The predicted octanol–water partition coefficient (Wildman–Crippen LogP) is 2.57. The molecule has 1 aromatic rings. The molecular weight excluding hydrogens is 386 g/mol. The number of hydrogen-bond acceptors (Lipinski definition) is 3. The molecule has 1 rings (SSSR count). The largest absolute Gasteiger partial charge is 0.393 e. The van der Waals surface area contributed by atoms with Gasteiger partial charge in [-0.05, 0) is 53.9 Å². The van der Waals surface area contributed by atoms with E-state index in [1.54, 1.807) is 19.1 Å². The van der Waals surface area contributed by atoms with Gasteiger partial charge >= 0.3 is 0 Å². The Hall–Kier alpha value is 0.0500. The standard InChI is InChI=1S/C11H15Br2NO3S/c1-7-5-10(13)11(6-9(7)12)18(16,17)14-4-3-8(2)15/h5-6,8,14-15H,3-4H2,1-2H3. The lowest BCUT2D eigenvalue weighted by atomic mass is 10.2. The number of aliphatic hydroxyl groups is 1. The average molecular weight is 401 g/mol. The van der Waals surface area contributed by atoms with Gasteiger partial charge in [0.05, 0.1) is 11.0 Å². The zero-order chi connectivity index (χ0) is 13.9. The molecule has 0 amide bonds. The molecule has 0 aliphatic carbocycles. The quantitative estimate of drug-likeness (QED) is 0.798. The molecule has 7 heteroatoms. The summed E-state index contributed by atoms with van der Waals surface area (Å²) in [6, 6.07) is 3.30. The normalized spacial score (nSPS) is 13.6. The molecule has 0 aliphatic rings. The van der Waals surface area contributed by atoms with Gasteiger partial charge in [-0.15, -0.1) is 0 Å². The summed E-state index contributed by atoms with van der Waals surface area (Å²) in [7, 11) is -3.56. The Bertz CT molecular complexity index is 529. The third kappa shape index (κ3) is 4.31. The number of benzene rings is 1. The van der Waals surface area contributed by atoms with Crippen molar-refractivity contribution in [3.8, 4) is 0 Å². The first-order chi connectivity index (χ1) is 8.24. The topological polar surface area (TPSA) is 66.4 Å². The van der Waals surface area contributed by atoms with Crippen LogP contribution in [0.2, 0.25) is 0 Å². The zero-order valence-corrected chi connectivity index (χ0v) is 14.1. The van der Waals surface area contributed by atoms with Gasteiger partial charge in [-0.2, -0.15) is 0 Å². The van der Waals surface area contributed by atoms with Crippen molar-refractivity contribution in [2.24, 2.45) is 0 Å². The van der Waals surface area contributed by atoms with Crippen LogP contribution in [0.1, 0.15) is 18.9 Å². The minimum Gasteiger partial charge on any atom is -0.393 e. The lowest BCUT2D eigenvalue weighted by Crippen LogP contribution is -2.27. The third-order valence-electron chi connectivity index (χ3n) is 2.36. The van der Waals surface area contributed by atoms with E-state index in [0.29, 0.717) is 10.9 Å². The molecule has 0 saturated heterocycles. The maximum absolute atomic E-state index is 12.1. The Morgan fingerprint density at radius 2 is 1.94 bits per heavy atom. The summed E-state index contributed by atoms with van der Waals surface area (Å²) in [5, 5.41) is 9.10. The van der Waals surface area contributed by atoms with Crippen LogP contribution in [0.4, 0.5) is 0 Å². The fourth-order valence-corrected chi connectivity index (χ4v) is 4.04. The second-order valence-corrected chi connectivity index (χ2v) is 7.51. The van der Waals surface area contributed by atoms with Crippen molar-refractivity contribution in [2.45, 2.75) is 31.3 Å². The van der Waals surface area contributed by atoms with Crippen molar-refractivity contribution in [3.05, 3.63) is 26.6 Å². The summed E-state index contributed by atoms with van der Waals surface area (Å²) < 4.78 is 27.8. The summed E-state index contributed by atoms with van der Waals surface area (Å²) in [6.45, 7) is 3.71. The maximum Gasteiger partial charge on any atom is 0.241 e. The molecule has 4 nitrogen and oxygen atoms in total. The SMILES string of the molecule is Cc1cc(Br)c(S(=O)(=O)NCCC(C)O)cc1Br. The van der Waals surface area contributed by atoms with Crippen LogP contribution < -0.4 is 4.72 Å². The summed E-state index contributed by atoms with van der Waals surface area (Å²) >= 11 is 6.56. The monoisotopic (exact) mass is 399 g/mol. The highest BCUT2D eigenvalue weighted by Gasteiger charge is 2.18. The fourth-order valence-electron chi connectivity index (χ4n) is 1.31. The van der Waals surface area contributed by atoms with Gasteiger partial charge in [0.2, 0.25) is 10.0 Å². The highest BCUT2D eigenvalue weighted by atomic mass is 79.9. The molecule has 0 radical (unpaired) electrons. The second-order valence-electron chi connectivity index (χ2n) is 4.07. The van der Waals surface area contributed by atoms with E-state index in [9.17, 15) is 8.42 Å². The van der Waals surface area contributed by atoms with Gasteiger partial charge in [0.25, 0.3) is 0 Å². The van der Waals surface area contributed by atoms with Crippen LogP contribution >= 0.6 is 31.9 Å². The molecule has 0 bridgehead atoms. The van der Waals surface area contributed by atoms with Gasteiger partial charge in [0.1, 0.15) is 0 Å². The van der Waals surface area contributed by atoms with Gasteiger partial charge in [0, 0.05) is 15.5 Å². The van der Waals surface area contributed by atoms with Crippen molar-refractivity contribution in [1.29, 1.82) is 0 Å². The van der Waals surface area contributed by atoms with Crippen LogP contribution in [-0.4, -0.2) is 26.2 Å². The Balaban J connectivity index is 2.95. The van der Waals surface area contributed by atoms with Crippen LogP contribution in [0.5, 0.6) is 0 Å². The molecule has 0 aromatic heterocycles. The molecule has 18 heavy (non-hydrogen) atoms. The molecule has 1 atom stereocenters. The van der Waals surface area contributed by atoms with Crippen LogP contribution in [0.25, 0.3) is 0 Å². The van der Waals surface area contributed by atoms with Crippen molar-refractivity contribution < 1.29 is 13.5 Å². The molecule has 1 aromatic carbocycles. The minimum atomic E-state index is -3.56. The van der Waals surface area contributed by atoms with Gasteiger partial charge in [0.15, 0.2) is 0 Å². The fraction of sp³-hybridized carbons (Fsp3) is 0.455. The molecule has 0 saturated carbocycles. The summed E-state index contributed by atoms with van der Waals surface area (Å²) in [4.78, 5) is 0.186. The molecule has 102 valence electrons. The predicted molar refractivity (Wildman–Crippen MR) is 78.1 cm³/mol. The van der Waals surface area contributed by atoms with Crippen LogP contribution in [0, 0.1) is 6.92 Å². The van der Waals surface area contributed by atoms with E-state index in [1.807, 2.05) is 6.92 Å². The van der Waals surface area contributed by atoms with Gasteiger partial charge < -0.3 is 5.11 Å². The lowest BCUT2D eigenvalue weighted by Gasteiger charge is -2.11. The Morgan fingerprint density at radius 3 is 2.50 bits per heavy atom. The second kappa shape index (κ2) is 6.47. The number of aryl methyl sites for hydroxylation is 1. The first kappa shape index (κ1) is 16.1. The molecule has 0 spiro atoms. The Kier molecular flexibility index (Phi) is 5.79. The van der Waals surface area contributed by atoms with E-state index in [0.717, 1.165) is 10.0 Å². The first-order valence-corrected chi connectivity index (χ1v) is 8.44. The Labute approximate surface area is 124 Å². The van der Waals surface area contributed by atoms with E-state index < -0.39 is 16.1 Å². The highest BCUT2D eigenvalue weighted by Crippen LogP contribution is 2.28. The van der Waals surface area contributed by atoms with Gasteiger partial charge in [-0.1, -0.05) is 15.9 Å². The van der Waals surface area contributed by atoms with Crippen molar-refractivity contribution in [3.63, 3.8) is 0 Å². The summed E-state index contributed by atoms with van der Waals surface area (Å²) in [5.74, 6) is 0. The summed E-state index contributed by atoms with van der Waals surface area (Å²) in [5.41, 5.74) is 0.949. The Morgan fingerprint density at radius 1 is 1.33 bits per heavy atom. The number of nitrogens with one attached hydrogen (secondary N) is 1. The van der Waals surface area contributed by atoms with Gasteiger partial charge in [-0.3, -0.25) is 0 Å². The van der Waals surface area contributed by atoms with E-state index in [2.05, 4.69) is 36.6 Å². The average Bonchev–Trinajstić information content (AvgIpc) is 2.22. The van der Waals surface area contributed by atoms with Crippen molar-refractivity contribution in [2.75, 3.05) is 6.54 Å². The summed E-state index contributed by atoms with van der Waals surface area (Å²) in [6.07, 6.45) is -0.148. The van der Waals surface area contributed by atoms with E-state index in [4.69, 9.17) is 5.11 Å². The molecule has 2 N–H and O–H groups in total. The molecule has 0 heterocycles. The highest BCUT2D eigenvalue weighted by molar-refractivity contribution is 9.11. The molecule has 1 unspecified atom stereocenters. The number of hydrogen-bond donors (Lipinski definition) is 2. The van der Waals surface area contributed by atoms with E-state index >= 15 is 0 Å². The lowest BCUT2D eigenvalue weighted by molar-refractivity contribution is 0.186. The van der Waals surface area contributed by atoms with Crippen molar-refractivity contribution >= 4 is 41.9 Å². The number of rotatable bonds is 5. The number of aliphatic hydroxyl groups excluding tert-OH is 1. The number of halogens is 2.